The van der Waals surface area contributed by atoms with E-state index in [-0.39, 0.29) is 18.5 Å². The normalized spacial score (nSPS) is 21.5. The van der Waals surface area contributed by atoms with Gasteiger partial charge in [-0.3, -0.25) is 14.5 Å². The Morgan fingerprint density at radius 2 is 2.05 bits per heavy atom. The van der Waals surface area contributed by atoms with Gasteiger partial charge in [-0.25, -0.2) is 0 Å². The van der Waals surface area contributed by atoms with Crippen molar-refractivity contribution in [2.24, 2.45) is 0 Å². The molecule has 1 heterocycles. The number of amides is 1. The first-order valence-electron chi connectivity index (χ1n) is 8.30. The van der Waals surface area contributed by atoms with Crippen LogP contribution in [0.2, 0.25) is 0 Å². The molecule has 2 unspecified atom stereocenters. The summed E-state index contributed by atoms with van der Waals surface area (Å²) in [6.45, 7) is 5.09. The maximum atomic E-state index is 12.1. The molecule has 0 bridgehead atoms. The first-order chi connectivity index (χ1) is 10.0. The van der Waals surface area contributed by atoms with Crippen molar-refractivity contribution in [2.75, 3.05) is 13.1 Å². The van der Waals surface area contributed by atoms with Crippen LogP contribution in [-0.2, 0) is 9.59 Å². The summed E-state index contributed by atoms with van der Waals surface area (Å²) < 4.78 is 0. The number of rotatable bonds is 8. The maximum Gasteiger partial charge on any atom is 0.320 e. The molecule has 1 aliphatic rings. The third kappa shape index (κ3) is 6.93. The number of nitrogens with one attached hydrogen (secondary N) is 1. The van der Waals surface area contributed by atoms with Crippen LogP contribution in [0.1, 0.15) is 65.2 Å². The first-order valence-corrected chi connectivity index (χ1v) is 8.30. The predicted octanol–water partition coefficient (Wildman–Crippen LogP) is 2.40. The summed E-state index contributed by atoms with van der Waals surface area (Å²) in [6, 6.07) is -0.340. The van der Waals surface area contributed by atoms with E-state index in [1.54, 1.807) is 0 Å². The molecule has 0 spiro atoms. The first kappa shape index (κ1) is 18.0. The third-order valence-electron chi connectivity index (χ3n) is 4.14. The Morgan fingerprint density at radius 1 is 1.29 bits per heavy atom. The zero-order valence-corrected chi connectivity index (χ0v) is 13.4. The van der Waals surface area contributed by atoms with Crippen LogP contribution in [0, 0.1) is 0 Å². The van der Waals surface area contributed by atoms with Gasteiger partial charge in [0.05, 0.1) is 6.54 Å². The Labute approximate surface area is 128 Å². The molecule has 2 atom stereocenters. The van der Waals surface area contributed by atoms with Crippen LogP contribution in [0.15, 0.2) is 0 Å². The molecule has 122 valence electrons. The molecule has 0 aliphatic carbocycles. The Balaban J connectivity index is 2.41. The lowest BCUT2D eigenvalue weighted by molar-refractivity contribution is -0.144. The monoisotopic (exact) mass is 298 g/mol. The molecule has 1 fully saturated rings. The van der Waals surface area contributed by atoms with Crippen molar-refractivity contribution in [2.45, 2.75) is 77.3 Å². The third-order valence-corrected chi connectivity index (χ3v) is 4.14. The van der Waals surface area contributed by atoms with Crippen molar-refractivity contribution < 1.29 is 14.7 Å². The van der Waals surface area contributed by atoms with Gasteiger partial charge in [-0.05, 0) is 32.7 Å². The van der Waals surface area contributed by atoms with E-state index in [1.807, 2.05) is 11.8 Å². The predicted molar refractivity (Wildman–Crippen MR) is 83.2 cm³/mol. The summed E-state index contributed by atoms with van der Waals surface area (Å²) in [5.41, 5.74) is 0. The second-order valence-corrected chi connectivity index (χ2v) is 6.14. The van der Waals surface area contributed by atoms with Crippen molar-refractivity contribution in [3.05, 3.63) is 0 Å². The van der Waals surface area contributed by atoms with Crippen LogP contribution in [0.3, 0.4) is 0 Å². The molecule has 2 N–H and O–H groups in total. The average molecular weight is 298 g/mol. The quantitative estimate of drug-likeness (QED) is 0.675. The van der Waals surface area contributed by atoms with Gasteiger partial charge >= 0.3 is 5.97 Å². The van der Waals surface area contributed by atoms with E-state index in [2.05, 4.69) is 12.2 Å². The van der Waals surface area contributed by atoms with E-state index >= 15 is 0 Å². The molecule has 5 nitrogen and oxygen atoms in total. The second kappa shape index (κ2) is 9.77. The van der Waals surface area contributed by atoms with E-state index < -0.39 is 12.0 Å². The molecular weight excluding hydrogens is 268 g/mol. The van der Waals surface area contributed by atoms with Gasteiger partial charge in [0.15, 0.2) is 0 Å². The van der Waals surface area contributed by atoms with E-state index in [0.29, 0.717) is 13.0 Å². The number of likely N-dealkylation sites (tertiary alicyclic amines) is 1. The maximum absolute atomic E-state index is 12.1. The Hall–Kier alpha value is -1.10. The Bertz CT molecular complexity index is 333. The summed E-state index contributed by atoms with van der Waals surface area (Å²) in [5, 5.41) is 12.3. The molecule has 0 saturated carbocycles. The van der Waals surface area contributed by atoms with Gasteiger partial charge in [0.25, 0.3) is 0 Å². The van der Waals surface area contributed by atoms with Crippen molar-refractivity contribution in [3.63, 3.8) is 0 Å². The molecule has 1 rings (SSSR count). The molecule has 1 saturated heterocycles. The van der Waals surface area contributed by atoms with Crippen molar-refractivity contribution >= 4 is 11.9 Å². The highest BCUT2D eigenvalue weighted by atomic mass is 16.4. The molecule has 0 aromatic rings. The largest absolute Gasteiger partial charge is 0.480 e. The van der Waals surface area contributed by atoms with Crippen molar-refractivity contribution in [1.29, 1.82) is 0 Å². The smallest absolute Gasteiger partial charge is 0.320 e. The fourth-order valence-electron chi connectivity index (χ4n) is 2.91. The zero-order valence-electron chi connectivity index (χ0n) is 13.4. The SMILES string of the molecule is CCCCCC(C)NC(=O)CN1CCCCCC1C(=O)O. The minimum Gasteiger partial charge on any atom is -0.480 e. The number of unbranched alkanes of at least 4 members (excludes halogenated alkanes) is 2. The molecule has 21 heavy (non-hydrogen) atoms. The Morgan fingerprint density at radius 3 is 2.71 bits per heavy atom. The van der Waals surface area contributed by atoms with Crippen LogP contribution < -0.4 is 5.32 Å². The van der Waals surface area contributed by atoms with Crippen molar-refractivity contribution in [1.82, 2.24) is 10.2 Å². The topological polar surface area (TPSA) is 69.6 Å². The van der Waals surface area contributed by atoms with E-state index in [4.69, 9.17) is 0 Å². The number of hydrogen-bond donors (Lipinski definition) is 2. The van der Waals surface area contributed by atoms with Crippen LogP contribution >= 0.6 is 0 Å². The average Bonchev–Trinajstić information content (AvgIpc) is 2.64. The van der Waals surface area contributed by atoms with Gasteiger partial charge in [0, 0.05) is 6.04 Å². The zero-order chi connectivity index (χ0) is 15.7. The number of hydrogen-bond acceptors (Lipinski definition) is 3. The van der Waals surface area contributed by atoms with E-state index in [9.17, 15) is 14.7 Å². The van der Waals surface area contributed by atoms with Crippen LogP contribution in [0.5, 0.6) is 0 Å². The number of nitrogens with zero attached hydrogens (tertiary/aromatic N) is 1. The minimum atomic E-state index is -0.805. The molecule has 1 amide bonds. The molecule has 0 aromatic carbocycles. The highest BCUT2D eigenvalue weighted by Crippen LogP contribution is 2.16. The van der Waals surface area contributed by atoms with Crippen LogP contribution in [0.4, 0.5) is 0 Å². The van der Waals surface area contributed by atoms with Gasteiger partial charge in [0.1, 0.15) is 6.04 Å². The number of carbonyl (C=O) groups is 2. The number of aliphatic carboxylic acids is 1. The van der Waals surface area contributed by atoms with Gasteiger partial charge < -0.3 is 10.4 Å². The molecular formula is C16H30N2O3. The van der Waals surface area contributed by atoms with Gasteiger partial charge in [-0.15, -0.1) is 0 Å². The Kier molecular flexibility index (Phi) is 8.35. The number of carboxylic acid groups (broad SMARTS) is 1. The molecule has 5 heteroatoms. The van der Waals surface area contributed by atoms with Crippen LogP contribution in [0.25, 0.3) is 0 Å². The van der Waals surface area contributed by atoms with Crippen molar-refractivity contribution in [3.8, 4) is 0 Å². The number of carbonyl (C=O) groups excluding carboxylic acids is 1. The fraction of sp³-hybridized carbons (Fsp3) is 0.875. The molecule has 1 aliphatic heterocycles. The number of carboxylic acids is 1. The summed E-state index contributed by atoms with van der Waals surface area (Å²) in [5.74, 6) is -0.854. The lowest BCUT2D eigenvalue weighted by Crippen LogP contribution is -2.47. The summed E-state index contributed by atoms with van der Waals surface area (Å²) in [6.07, 6.45) is 8.08. The standard InChI is InChI=1S/C16H30N2O3/c1-3-4-6-9-13(2)17-15(19)12-18-11-8-5-7-10-14(18)16(20)21/h13-14H,3-12H2,1-2H3,(H,17,19)(H,20,21). The van der Waals surface area contributed by atoms with Gasteiger partial charge in [-0.2, -0.15) is 0 Å². The lowest BCUT2D eigenvalue weighted by Gasteiger charge is -2.26. The fourth-order valence-corrected chi connectivity index (χ4v) is 2.91. The second-order valence-electron chi connectivity index (χ2n) is 6.14. The van der Waals surface area contributed by atoms with E-state index in [1.165, 1.54) is 12.8 Å². The summed E-state index contributed by atoms with van der Waals surface area (Å²) in [4.78, 5) is 25.2. The lowest BCUT2D eigenvalue weighted by atomic mass is 10.1. The molecule has 0 radical (unpaired) electrons. The highest BCUT2D eigenvalue weighted by Gasteiger charge is 2.28. The summed E-state index contributed by atoms with van der Waals surface area (Å²) >= 11 is 0. The van der Waals surface area contributed by atoms with Gasteiger partial charge in [-0.1, -0.05) is 39.0 Å². The minimum absolute atomic E-state index is 0.0489. The molecule has 0 aromatic heterocycles. The summed E-state index contributed by atoms with van der Waals surface area (Å²) in [7, 11) is 0. The highest BCUT2D eigenvalue weighted by molar-refractivity contribution is 5.80. The van der Waals surface area contributed by atoms with Gasteiger partial charge in [0.2, 0.25) is 5.91 Å². The van der Waals surface area contributed by atoms with E-state index in [0.717, 1.165) is 32.1 Å². The van der Waals surface area contributed by atoms with Crippen LogP contribution in [-0.4, -0.2) is 47.1 Å².